The Morgan fingerprint density at radius 1 is 1.00 bits per heavy atom. The third-order valence-electron chi connectivity index (χ3n) is 6.50. The monoisotopic (exact) mass is 392 g/mol. The Balaban J connectivity index is 1.39. The first-order valence-electron chi connectivity index (χ1n) is 10.7. The first-order valence-corrected chi connectivity index (χ1v) is 10.7. The van der Waals surface area contributed by atoms with E-state index < -0.39 is 0 Å². The minimum Gasteiger partial charge on any atom is -0.454 e. The molecule has 2 fully saturated rings. The molecular formula is C24H28N2O3. The first-order chi connectivity index (χ1) is 14.3. The van der Waals surface area contributed by atoms with Crippen molar-refractivity contribution in [2.45, 2.75) is 37.6 Å². The number of fused-ring (bicyclic) bond motifs is 1. The number of amides is 1. The SMILES string of the molecule is O=C(N(CCN1CCCC1)Cc1cccc2c1OCO2)C1(c2ccccc2)CC1. The van der Waals surface area contributed by atoms with Gasteiger partial charge in [0, 0.05) is 25.2 Å². The zero-order valence-corrected chi connectivity index (χ0v) is 16.8. The summed E-state index contributed by atoms with van der Waals surface area (Å²) >= 11 is 0. The van der Waals surface area contributed by atoms with Gasteiger partial charge in [-0.1, -0.05) is 42.5 Å². The van der Waals surface area contributed by atoms with Gasteiger partial charge in [-0.05, 0) is 50.4 Å². The molecule has 152 valence electrons. The largest absolute Gasteiger partial charge is 0.454 e. The van der Waals surface area contributed by atoms with Crippen molar-refractivity contribution < 1.29 is 14.3 Å². The van der Waals surface area contributed by atoms with Crippen molar-refractivity contribution in [2.24, 2.45) is 0 Å². The van der Waals surface area contributed by atoms with E-state index in [0.29, 0.717) is 6.54 Å². The molecule has 1 saturated heterocycles. The number of hydrogen-bond donors (Lipinski definition) is 0. The molecule has 2 aromatic rings. The summed E-state index contributed by atoms with van der Waals surface area (Å²) in [4.78, 5) is 18.3. The summed E-state index contributed by atoms with van der Waals surface area (Å²) in [6.45, 7) is 4.78. The summed E-state index contributed by atoms with van der Waals surface area (Å²) in [5.41, 5.74) is 1.83. The van der Waals surface area contributed by atoms with Crippen LogP contribution in [-0.4, -0.2) is 48.7 Å². The van der Waals surface area contributed by atoms with Crippen LogP contribution in [0.3, 0.4) is 0 Å². The number of rotatable bonds is 7. The molecule has 5 heteroatoms. The highest BCUT2D eigenvalue weighted by Gasteiger charge is 2.53. The molecular weight excluding hydrogens is 364 g/mol. The van der Waals surface area contributed by atoms with Gasteiger partial charge < -0.3 is 19.3 Å². The van der Waals surface area contributed by atoms with Gasteiger partial charge in [0.2, 0.25) is 12.7 Å². The van der Waals surface area contributed by atoms with Crippen molar-refractivity contribution in [3.8, 4) is 11.5 Å². The molecule has 3 aliphatic rings. The number of carbonyl (C=O) groups excluding carboxylic acids is 1. The highest BCUT2D eigenvalue weighted by atomic mass is 16.7. The number of likely N-dealkylation sites (tertiary alicyclic amines) is 1. The highest BCUT2D eigenvalue weighted by molar-refractivity contribution is 5.91. The molecule has 0 unspecified atom stereocenters. The highest BCUT2D eigenvalue weighted by Crippen LogP contribution is 2.50. The normalized spacial score (nSPS) is 19.3. The Labute approximate surface area is 172 Å². The number of nitrogens with zero attached hydrogens (tertiary/aromatic N) is 2. The summed E-state index contributed by atoms with van der Waals surface area (Å²) in [5, 5.41) is 0. The fraction of sp³-hybridized carbons (Fsp3) is 0.458. The summed E-state index contributed by atoms with van der Waals surface area (Å²) in [5.74, 6) is 1.81. The van der Waals surface area contributed by atoms with Gasteiger partial charge in [0.1, 0.15) is 0 Å². The Hall–Kier alpha value is -2.53. The standard InChI is InChI=1S/C24H28N2O3/c27-23(24(11-12-24)20-8-2-1-3-9-20)26(16-15-25-13-4-5-14-25)17-19-7-6-10-21-22(19)29-18-28-21/h1-3,6-10H,4-5,11-18H2. The van der Waals surface area contributed by atoms with Crippen LogP contribution in [0.25, 0.3) is 0 Å². The Bertz CT molecular complexity index is 873. The molecule has 29 heavy (non-hydrogen) atoms. The molecule has 1 amide bonds. The Morgan fingerprint density at radius 3 is 2.55 bits per heavy atom. The van der Waals surface area contributed by atoms with Crippen molar-refractivity contribution in [1.29, 1.82) is 0 Å². The van der Waals surface area contributed by atoms with E-state index in [4.69, 9.17) is 9.47 Å². The fourth-order valence-electron chi connectivity index (χ4n) is 4.65. The maximum atomic E-state index is 13.8. The van der Waals surface area contributed by atoms with E-state index in [2.05, 4.69) is 21.9 Å². The molecule has 0 radical (unpaired) electrons. The topological polar surface area (TPSA) is 42.0 Å². The average Bonchev–Trinajstić information content (AvgIpc) is 3.15. The summed E-state index contributed by atoms with van der Waals surface area (Å²) < 4.78 is 11.2. The van der Waals surface area contributed by atoms with Crippen molar-refractivity contribution >= 4 is 5.91 Å². The molecule has 2 heterocycles. The fourth-order valence-corrected chi connectivity index (χ4v) is 4.65. The van der Waals surface area contributed by atoms with Crippen LogP contribution in [0, 0.1) is 0 Å². The Kier molecular flexibility index (Phi) is 4.92. The molecule has 1 saturated carbocycles. The molecule has 1 aliphatic carbocycles. The molecule has 0 bridgehead atoms. The zero-order valence-electron chi connectivity index (χ0n) is 16.8. The third kappa shape index (κ3) is 3.60. The van der Waals surface area contributed by atoms with Crippen LogP contribution in [0.15, 0.2) is 48.5 Å². The summed E-state index contributed by atoms with van der Waals surface area (Å²) in [6, 6.07) is 16.2. The maximum absolute atomic E-state index is 13.8. The second-order valence-electron chi connectivity index (χ2n) is 8.37. The molecule has 2 aliphatic heterocycles. The molecule has 0 N–H and O–H groups in total. The second kappa shape index (κ2) is 7.71. The van der Waals surface area contributed by atoms with Crippen LogP contribution >= 0.6 is 0 Å². The molecule has 0 aromatic heterocycles. The van der Waals surface area contributed by atoms with Gasteiger partial charge in [-0.3, -0.25) is 4.79 Å². The van der Waals surface area contributed by atoms with E-state index in [0.717, 1.165) is 61.6 Å². The Morgan fingerprint density at radius 2 is 1.79 bits per heavy atom. The van der Waals surface area contributed by atoms with E-state index in [1.165, 1.54) is 12.8 Å². The van der Waals surface area contributed by atoms with Gasteiger partial charge in [-0.15, -0.1) is 0 Å². The summed E-state index contributed by atoms with van der Waals surface area (Å²) in [7, 11) is 0. The van der Waals surface area contributed by atoms with E-state index >= 15 is 0 Å². The molecule has 5 rings (SSSR count). The van der Waals surface area contributed by atoms with E-state index in [9.17, 15) is 4.79 Å². The molecule has 0 atom stereocenters. The predicted octanol–water partition coefficient (Wildman–Crippen LogP) is 3.57. The number of benzene rings is 2. The predicted molar refractivity (Wildman–Crippen MR) is 111 cm³/mol. The van der Waals surface area contributed by atoms with Gasteiger partial charge in [0.15, 0.2) is 11.5 Å². The van der Waals surface area contributed by atoms with Crippen LogP contribution in [0.5, 0.6) is 11.5 Å². The van der Waals surface area contributed by atoms with Gasteiger partial charge in [0.25, 0.3) is 0 Å². The quantitative estimate of drug-likeness (QED) is 0.722. The first kappa shape index (κ1) is 18.5. The molecule has 2 aromatic carbocycles. The van der Waals surface area contributed by atoms with E-state index in [1.54, 1.807) is 0 Å². The maximum Gasteiger partial charge on any atom is 0.233 e. The van der Waals surface area contributed by atoms with E-state index in [-0.39, 0.29) is 18.1 Å². The van der Waals surface area contributed by atoms with Gasteiger partial charge >= 0.3 is 0 Å². The van der Waals surface area contributed by atoms with Crippen LogP contribution in [-0.2, 0) is 16.8 Å². The second-order valence-corrected chi connectivity index (χ2v) is 8.37. The molecule has 5 nitrogen and oxygen atoms in total. The van der Waals surface area contributed by atoms with Crippen molar-refractivity contribution in [3.05, 3.63) is 59.7 Å². The van der Waals surface area contributed by atoms with Crippen molar-refractivity contribution in [2.75, 3.05) is 33.0 Å². The van der Waals surface area contributed by atoms with Crippen LogP contribution in [0.1, 0.15) is 36.8 Å². The van der Waals surface area contributed by atoms with Gasteiger partial charge in [0.05, 0.1) is 5.41 Å². The zero-order chi connectivity index (χ0) is 19.7. The summed E-state index contributed by atoms with van der Waals surface area (Å²) in [6.07, 6.45) is 4.39. The lowest BCUT2D eigenvalue weighted by atomic mass is 9.94. The van der Waals surface area contributed by atoms with Crippen molar-refractivity contribution in [3.63, 3.8) is 0 Å². The lowest BCUT2D eigenvalue weighted by Crippen LogP contribution is -2.42. The van der Waals surface area contributed by atoms with Gasteiger partial charge in [-0.2, -0.15) is 0 Å². The number of hydrogen-bond acceptors (Lipinski definition) is 4. The number of carbonyl (C=O) groups is 1. The minimum absolute atomic E-state index is 0.249. The van der Waals surface area contributed by atoms with Crippen LogP contribution in [0.2, 0.25) is 0 Å². The smallest absolute Gasteiger partial charge is 0.233 e. The van der Waals surface area contributed by atoms with Crippen molar-refractivity contribution in [1.82, 2.24) is 9.80 Å². The third-order valence-corrected chi connectivity index (χ3v) is 6.50. The molecule has 0 spiro atoms. The average molecular weight is 392 g/mol. The van der Waals surface area contributed by atoms with Crippen LogP contribution in [0.4, 0.5) is 0 Å². The van der Waals surface area contributed by atoms with Crippen LogP contribution < -0.4 is 9.47 Å². The number of ether oxygens (including phenoxy) is 2. The minimum atomic E-state index is -0.346. The number of para-hydroxylation sites is 1. The van der Waals surface area contributed by atoms with Gasteiger partial charge in [-0.25, -0.2) is 0 Å². The van der Waals surface area contributed by atoms with E-state index in [1.807, 2.05) is 36.4 Å². The lowest BCUT2D eigenvalue weighted by Gasteiger charge is -2.30. The lowest BCUT2D eigenvalue weighted by molar-refractivity contribution is -0.134.